The second-order valence-electron chi connectivity index (χ2n) is 6.48. The molecule has 154 valence electrons. The summed E-state index contributed by atoms with van der Waals surface area (Å²) in [5.74, 6) is -0.131. The highest BCUT2D eigenvalue weighted by molar-refractivity contribution is 8.02. The van der Waals surface area contributed by atoms with Crippen molar-refractivity contribution in [3.05, 3.63) is 89.0 Å². The Morgan fingerprint density at radius 2 is 1.77 bits per heavy atom. The van der Waals surface area contributed by atoms with E-state index in [9.17, 15) is 23.5 Å². The molecule has 0 aliphatic carbocycles. The number of nitriles is 1. The van der Waals surface area contributed by atoms with E-state index in [-0.39, 0.29) is 22.2 Å². The Balaban J connectivity index is 1.77. The third-order valence-corrected chi connectivity index (χ3v) is 5.29. The van der Waals surface area contributed by atoms with Gasteiger partial charge in [-0.1, -0.05) is 60.3 Å². The highest BCUT2D eigenvalue weighted by Crippen LogP contribution is 2.38. The van der Waals surface area contributed by atoms with E-state index in [0.717, 1.165) is 23.2 Å². The standard InChI is InChI=1S/C23H13F3N2O2S/c24-23(25,26)17-11-18(14-6-2-1-3-7-14)28-22(16(17)12-27)31-13-19(29)21-10-15-8-4-5-9-20(15)30-21/h1-11,13,29H/b19-13-. The number of benzene rings is 2. The number of halogens is 3. The molecule has 0 radical (unpaired) electrons. The van der Waals surface area contributed by atoms with E-state index in [0.29, 0.717) is 11.1 Å². The van der Waals surface area contributed by atoms with Gasteiger partial charge < -0.3 is 9.52 Å². The zero-order valence-electron chi connectivity index (χ0n) is 15.7. The fraction of sp³-hybridized carbons (Fsp3) is 0.0435. The van der Waals surface area contributed by atoms with Crippen molar-refractivity contribution in [2.75, 3.05) is 0 Å². The van der Waals surface area contributed by atoms with Gasteiger partial charge >= 0.3 is 6.18 Å². The molecule has 0 atom stereocenters. The molecule has 0 bridgehead atoms. The van der Waals surface area contributed by atoms with E-state index in [1.165, 1.54) is 5.41 Å². The molecule has 0 spiro atoms. The second-order valence-corrected chi connectivity index (χ2v) is 7.34. The van der Waals surface area contributed by atoms with Crippen LogP contribution >= 0.6 is 11.8 Å². The molecule has 0 unspecified atom stereocenters. The Kier molecular flexibility index (Phi) is 5.44. The number of para-hydroxylation sites is 1. The summed E-state index contributed by atoms with van der Waals surface area (Å²) in [6.45, 7) is 0. The van der Waals surface area contributed by atoms with Gasteiger partial charge in [0.25, 0.3) is 0 Å². The molecular weight excluding hydrogens is 425 g/mol. The molecule has 31 heavy (non-hydrogen) atoms. The highest BCUT2D eigenvalue weighted by Gasteiger charge is 2.36. The topological polar surface area (TPSA) is 70.0 Å². The van der Waals surface area contributed by atoms with Crippen molar-refractivity contribution in [2.45, 2.75) is 11.2 Å². The van der Waals surface area contributed by atoms with Crippen LogP contribution in [0, 0.1) is 11.3 Å². The minimum atomic E-state index is -4.74. The van der Waals surface area contributed by atoms with Gasteiger partial charge in [-0.3, -0.25) is 0 Å². The van der Waals surface area contributed by atoms with Gasteiger partial charge in [-0.15, -0.1) is 0 Å². The van der Waals surface area contributed by atoms with Crippen LogP contribution in [0.15, 0.2) is 81.6 Å². The van der Waals surface area contributed by atoms with Gasteiger partial charge in [-0.25, -0.2) is 4.98 Å². The average molecular weight is 438 g/mol. The van der Waals surface area contributed by atoms with E-state index in [1.54, 1.807) is 60.7 Å². The Labute approximate surface area is 179 Å². The molecule has 0 aliphatic heterocycles. The van der Waals surface area contributed by atoms with Gasteiger partial charge in [0.1, 0.15) is 16.7 Å². The average Bonchev–Trinajstić information content (AvgIpc) is 3.21. The van der Waals surface area contributed by atoms with Crippen molar-refractivity contribution >= 4 is 28.5 Å². The zero-order valence-corrected chi connectivity index (χ0v) is 16.5. The summed E-state index contributed by atoms with van der Waals surface area (Å²) in [5.41, 5.74) is -0.576. The minimum Gasteiger partial charge on any atom is -0.504 e. The number of aromatic nitrogens is 1. The number of hydrogen-bond acceptors (Lipinski definition) is 5. The number of pyridine rings is 1. The van der Waals surface area contributed by atoms with Crippen LogP contribution in [0.1, 0.15) is 16.9 Å². The number of nitrogens with zero attached hydrogens (tertiary/aromatic N) is 2. The van der Waals surface area contributed by atoms with E-state index >= 15 is 0 Å². The predicted molar refractivity (Wildman–Crippen MR) is 112 cm³/mol. The third-order valence-electron chi connectivity index (χ3n) is 4.43. The van der Waals surface area contributed by atoms with Gasteiger partial charge in [-0.2, -0.15) is 18.4 Å². The number of hydrogen-bond donors (Lipinski definition) is 1. The number of rotatable bonds is 4. The third kappa shape index (κ3) is 4.27. The summed E-state index contributed by atoms with van der Waals surface area (Å²) in [7, 11) is 0. The molecule has 0 fully saturated rings. The van der Waals surface area contributed by atoms with Gasteiger partial charge in [0, 0.05) is 16.4 Å². The lowest BCUT2D eigenvalue weighted by Gasteiger charge is -2.13. The monoisotopic (exact) mass is 438 g/mol. The lowest BCUT2D eigenvalue weighted by molar-refractivity contribution is -0.138. The highest BCUT2D eigenvalue weighted by atomic mass is 32.2. The van der Waals surface area contributed by atoms with Crippen molar-refractivity contribution in [1.29, 1.82) is 5.26 Å². The summed E-state index contributed by atoms with van der Waals surface area (Å²) in [6, 6.07) is 19.6. The van der Waals surface area contributed by atoms with Crippen LogP contribution in [0.25, 0.3) is 28.0 Å². The lowest BCUT2D eigenvalue weighted by atomic mass is 10.1. The molecule has 0 amide bonds. The van der Waals surface area contributed by atoms with Crippen LogP contribution in [0.3, 0.4) is 0 Å². The number of furan rings is 1. The number of fused-ring (bicyclic) bond motifs is 1. The minimum absolute atomic E-state index is 0.0750. The molecule has 2 heterocycles. The van der Waals surface area contributed by atoms with E-state index in [1.807, 2.05) is 6.07 Å². The maximum absolute atomic E-state index is 13.6. The van der Waals surface area contributed by atoms with Gasteiger partial charge in [-0.05, 0) is 18.2 Å². The quantitative estimate of drug-likeness (QED) is 0.273. The SMILES string of the molecule is N#Cc1c(C(F)(F)F)cc(-c2ccccc2)nc1S/C=C(\O)c1cc2ccccc2o1. The Morgan fingerprint density at radius 3 is 2.45 bits per heavy atom. The van der Waals surface area contributed by atoms with Crippen LogP contribution in [0.5, 0.6) is 0 Å². The molecule has 0 aliphatic rings. The van der Waals surface area contributed by atoms with E-state index < -0.39 is 17.3 Å². The molecule has 2 aromatic heterocycles. The van der Waals surface area contributed by atoms with Gasteiger partial charge in [0.15, 0.2) is 11.5 Å². The van der Waals surface area contributed by atoms with E-state index in [4.69, 9.17) is 4.42 Å². The molecule has 4 aromatic rings. The lowest BCUT2D eigenvalue weighted by Crippen LogP contribution is -2.10. The Hall–Kier alpha value is -3.70. The van der Waals surface area contributed by atoms with Crippen LogP contribution in [-0.4, -0.2) is 10.1 Å². The summed E-state index contributed by atoms with van der Waals surface area (Å²) < 4.78 is 46.4. The number of thioether (sulfide) groups is 1. The van der Waals surface area contributed by atoms with Crippen LogP contribution in [0.4, 0.5) is 13.2 Å². The fourth-order valence-electron chi connectivity index (χ4n) is 2.97. The summed E-state index contributed by atoms with van der Waals surface area (Å²) >= 11 is 0.718. The first-order valence-electron chi connectivity index (χ1n) is 8.99. The van der Waals surface area contributed by atoms with Crippen LogP contribution in [-0.2, 0) is 6.18 Å². The van der Waals surface area contributed by atoms with Crippen molar-refractivity contribution in [3.63, 3.8) is 0 Å². The maximum Gasteiger partial charge on any atom is 0.417 e. The molecule has 0 saturated carbocycles. The summed E-state index contributed by atoms with van der Waals surface area (Å²) in [4.78, 5) is 4.25. The largest absolute Gasteiger partial charge is 0.504 e. The second kappa shape index (κ2) is 8.20. The summed E-state index contributed by atoms with van der Waals surface area (Å²) in [5, 5.41) is 21.6. The first kappa shape index (κ1) is 20.6. The van der Waals surface area contributed by atoms with E-state index in [2.05, 4.69) is 4.98 Å². The fourth-order valence-corrected chi connectivity index (χ4v) is 3.74. The molecule has 4 rings (SSSR count). The molecular formula is C23H13F3N2O2S. The van der Waals surface area contributed by atoms with Crippen molar-refractivity contribution in [2.24, 2.45) is 0 Å². The summed E-state index contributed by atoms with van der Waals surface area (Å²) in [6.07, 6.45) is -4.74. The van der Waals surface area contributed by atoms with Crippen molar-refractivity contribution in [3.8, 4) is 17.3 Å². The van der Waals surface area contributed by atoms with Crippen LogP contribution < -0.4 is 0 Å². The number of aliphatic hydroxyl groups is 1. The smallest absolute Gasteiger partial charge is 0.417 e. The van der Waals surface area contributed by atoms with Crippen molar-refractivity contribution in [1.82, 2.24) is 4.98 Å². The Morgan fingerprint density at radius 1 is 1.06 bits per heavy atom. The van der Waals surface area contributed by atoms with Crippen molar-refractivity contribution < 1.29 is 22.7 Å². The van der Waals surface area contributed by atoms with Gasteiger partial charge in [0.05, 0.1) is 16.8 Å². The first-order valence-corrected chi connectivity index (χ1v) is 9.87. The van der Waals surface area contributed by atoms with Gasteiger partial charge in [0.2, 0.25) is 0 Å². The normalized spacial score (nSPS) is 12.1. The maximum atomic E-state index is 13.6. The molecule has 4 nitrogen and oxygen atoms in total. The molecule has 2 aromatic carbocycles. The predicted octanol–water partition coefficient (Wildman–Crippen LogP) is 7.03. The Bertz CT molecular complexity index is 1290. The number of aliphatic hydroxyl groups excluding tert-OH is 1. The first-order chi connectivity index (χ1) is 14.9. The molecule has 8 heteroatoms. The molecule has 1 N–H and O–H groups in total. The van der Waals surface area contributed by atoms with Crippen LogP contribution in [0.2, 0.25) is 0 Å². The molecule has 0 saturated heterocycles. The zero-order chi connectivity index (χ0) is 22.0. The number of alkyl halides is 3.